The number of nitrogens with zero attached hydrogens (tertiary/aromatic N) is 1. The quantitative estimate of drug-likeness (QED) is 0.685. The van der Waals surface area contributed by atoms with Crippen LogP contribution in [0.2, 0.25) is 0 Å². The Bertz CT molecular complexity index is 788. The van der Waals surface area contributed by atoms with Gasteiger partial charge >= 0.3 is 6.18 Å². The number of benzene rings is 1. The zero-order valence-electron chi connectivity index (χ0n) is 18.1. The van der Waals surface area contributed by atoms with E-state index in [0.717, 1.165) is 63.2 Å². The van der Waals surface area contributed by atoms with E-state index in [9.17, 15) is 18.0 Å². The van der Waals surface area contributed by atoms with Crippen LogP contribution in [0.3, 0.4) is 0 Å². The Labute approximate surface area is 186 Å². The largest absolute Gasteiger partial charge is 0.454 e. The summed E-state index contributed by atoms with van der Waals surface area (Å²) in [6.07, 6.45) is -1.55. The average molecular weight is 457 g/mol. The number of para-hydroxylation sites is 1. The number of likely N-dealkylation sites (tertiary alicyclic amines) is 1. The number of halogens is 3. The van der Waals surface area contributed by atoms with Gasteiger partial charge in [0.15, 0.2) is 11.5 Å². The standard InChI is InChI=1S/C23H31F3N2O4/c24-23(25,26)21(29)22(30)27-17-6-4-15(5-7-17)8-11-28-12-9-16(10-13-28)18-2-1-3-19-20(18)32-14-31-19/h1-3,15-17,21,29H,4-14H2,(H,27,30). The van der Waals surface area contributed by atoms with Gasteiger partial charge in [0.25, 0.3) is 5.91 Å². The number of piperidine rings is 1. The molecule has 2 aliphatic heterocycles. The van der Waals surface area contributed by atoms with Gasteiger partial charge in [-0.05, 0) is 82.5 Å². The number of aliphatic hydroxyl groups excluding tert-OH is 1. The van der Waals surface area contributed by atoms with Crippen molar-refractivity contribution in [2.24, 2.45) is 5.92 Å². The summed E-state index contributed by atoms with van der Waals surface area (Å²) in [5, 5.41) is 11.4. The minimum absolute atomic E-state index is 0.287. The first kappa shape index (κ1) is 23.2. The van der Waals surface area contributed by atoms with Gasteiger partial charge in [0.1, 0.15) is 0 Å². The second-order valence-corrected chi connectivity index (χ2v) is 9.16. The minimum Gasteiger partial charge on any atom is -0.454 e. The van der Waals surface area contributed by atoms with Crippen LogP contribution in [0, 0.1) is 5.92 Å². The number of hydrogen-bond donors (Lipinski definition) is 2. The lowest BCUT2D eigenvalue weighted by Gasteiger charge is -2.35. The molecule has 6 nitrogen and oxygen atoms in total. The second-order valence-electron chi connectivity index (χ2n) is 9.16. The molecular weight excluding hydrogens is 425 g/mol. The monoisotopic (exact) mass is 456 g/mol. The molecule has 0 bridgehead atoms. The van der Waals surface area contributed by atoms with Gasteiger partial charge in [-0.1, -0.05) is 12.1 Å². The van der Waals surface area contributed by atoms with Crippen LogP contribution in [0.1, 0.15) is 56.4 Å². The van der Waals surface area contributed by atoms with Crippen LogP contribution < -0.4 is 14.8 Å². The van der Waals surface area contributed by atoms with Crippen molar-refractivity contribution in [2.75, 3.05) is 26.4 Å². The molecule has 1 atom stereocenters. The molecule has 0 spiro atoms. The zero-order chi connectivity index (χ0) is 22.7. The molecule has 1 amide bonds. The number of carbonyl (C=O) groups is 1. The molecule has 1 unspecified atom stereocenters. The Kier molecular flexibility index (Phi) is 7.14. The van der Waals surface area contributed by atoms with E-state index in [1.54, 1.807) is 0 Å². The van der Waals surface area contributed by atoms with Gasteiger partial charge in [0.2, 0.25) is 12.9 Å². The summed E-state index contributed by atoms with van der Waals surface area (Å²) in [6.45, 7) is 3.39. The number of hydrogen-bond acceptors (Lipinski definition) is 5. The predicted molar refractivity (Wildman–Crippen MR) is 112 cm³/mol. The van der Waals surface area contributed by atoms with Crippen molar-refractivity contribution in [3.63, 3.8) is 0 Å². The zero-order valence-corrected chi connectivity index (χ0v) is 18.1. The number of carbonyl (C=O) groups excluding carboxylic acids is 1. The Morgan fingerprint density at radius 1 is 1.12 bits per heavy atom. The molecule has 1 saturated carbocycles. The molecule has 1 aliphatic carbocycles. The topological polar surface area (TPSA) is 71.0 Å². The number of alkyl halides is 3. The van der Waals surface area contributed by atoms with Gasteiger partial charge in [0.05, 0.1) is 0 Å². The summed E-state index contributed by atoms with van der Waals surface area (Å²) in [6, 6.07) is 5.82. The molecule has 1 aromatic rings. The molecule has 4 rings (SSSR count). The lowest BCUT2D eigenvalue weighted by atomic mass is 9.83. The van der Waals surface area contributed by atoms with Crippen molar-refractivity contribution in [3.05, 3.63) is 23.8 Å². The molecule has 0 radical (unpaired) electrons. The first-order chi connectivity index (χ1) is 15.3. The molecule has 2 N–H and O–H groups in total. The third-order valence-electron chi connectivity index (χ3n) is 7.06. The van der Waals surface area contributed by atoms with Gasteiger partial charge in [-0.25, -0.2) is 0 Å². The van der Waals surface area contributed by atoms with Gasteiger partial charge in [-0.3, -0.25) is 4.79 Å². The van der Waals surface area contributed by atoms with Gasteiger partial charge in [0, 0.05) is 11.6 Å². The van der Waals surface area contributed by atoms with Gasteiger partial charge in [-0.15, -0.1) is 0 Å². The maximum Gasteiger partial charge on any atom is 0.423 e. The normalized spacial score (nSPS) is 25.5. The molecule has 178 valence electrons. The Balaban J connectivity index is 1.15. The Morgan fingerprint density at radius 3 is 2.53 bits per heavy atom. The van der Waals surface area contributed by atoms with Crippen LogP contribution in [0.5, 0.6) is 11.5 Å². The molecule has 2 fully saturated rings. The van der Waals surface area contributed by atoms with E-state index in [1.807, 2.05) is 12.1 Å². The SMILES string of the molecule is O=C(NC1CCC(CCN2CCC(c3cccc4c3OCO4)CC2)CC1)C(O)C(F)(F)F. The summed E-state index contributed by atoms with van der Waals surface area (Å²) in [5.74, 6) is 1.40. The fourth-order valence-corrected chi connectivity index (χ4v) is 5.13. The maximum atomic E-state index is 12.4. The minimum atomic E-state index is -4.92. The van der Waals surface area contributed by atoms with Crippen molar-refractivity contribution < 1.29 is 32.5 Å². The number of fused-ring (bicyclic) bond motifs is 1. The number of amides is 1. The number of aliphatic hydroxyl groups is 1. The van der Waals surface area contributed by atoms with Gasteiger partial charge in [-0.2, -0.15) is 13.2 Å². The molecular formula is C23H31F3N2O4. The van der Waals surface area contributed by atoms with E-state index in [-0.39, 0.29) is 6.04 Å². The molecule has 0 aromatic heterocycles. The molecule has 1 aromatic carbocycles. The van der Waals surface area contributed by atoms with Crippen LogP contribution in [0.15, 0.2) is 18.2 Å². The summed E-state index contributed by atoms with van der Waals surface area (Å²) >= 11 is 0. The van der Waals surface area contributed by atoms with E-state index in [0.29, 0.717) is 31.5 Å². The van der Waals surface area contributed by atoms with Crippen LogP contribution in [-0.4, -0.2) is 60.7 Å². The van der Waals surface area contributed by atoms with Crippen molar-refractivity contribution in [1.82, 2.24) is 10.2 Å². The summed E-state index contributed by atoms with van der Waals surface area (Å²) in [7, 11) is 0. The fourth-order valence-electron chi connectivity index (χ4n) is 5.13. The summed E-state index contributed by atoms with van der Waals surface area (Å²) < 4.78 is 48.5. The molecule has 9 heteroatoms. The molecule has 1 saturated heterocycles. The van der Waals surface area contributed by atoms with Crippen LogP contribution in [0.25, 0.3) is 0 Å². The number of nitrogens with one attached hydrogen (secondary N) is 1. The van der Waals surface area contributed by atoms with Crippen molar-refractivity contribution in [3.8, 4) is 11.5 Å². The highest BCUT2D eigenvalue weighted by Gasteiger charge is 2.44. The van der Waals surface area contributed by atoms with E-state index in [2.05, 4.69) is 16.3 Å². The van der Waals surface area contributed by atoms with E-state index < -0.39 is 18.2 Å². The fraction of sp³-hybridized carbons (Fsp3) is 0.696. The van der Waals surface area contributed by atoms with E-state index >= 15 is 0 Å². The van der Waals surface area contributed by atoms with Crippen LogP contribution in [-0.2, 0) is 4.79 Å². The highest BCUT2D eigenvalue weighted by Crippen LogP contribution is 2.42. The number of rotatable bonds is 6. The lowest BCUT2D eigenvalue weighted by Crippen LogP contribution is -2.48. The Hall–Kier alpha value is -2.00. The molecule has 3 aliphatic rings. The maximum absolute atomic E-state index is 12.4. The molecule has 2 heterocycles. The van der Waals surface area contributed by atoms with Crippen LogP contribution >= 0.6 is 0 Å². The predicted octanol–water partition coefficient (Wildman–Crippen LogP) is 3.58. The Morgan fingerprint density at radius 2 is 1.84 bits per heavy atom. The highest BCUT2D eigenvalue weighted by atomic mass is 19.4. The molecule has 32 heavy (non-hydrogen) atoms. The lowest BCUT2D eigenvalue weighted by molar-refractivity contribution is -0.205. The third kappa shape index (κ3) is 5.49. The second kappa shape index (κ2) is 9.87. The smallest absolute Gasteiger partial charge is 0.423 e. The van der Waals surface area contributed by atoms with Gasteiger partial charge < -0.3 is 24.8 Å². The van der Waals surface area contributed by atoms with Crippen molar-refractivity contribution in [1.29, 1.82) is 0 Å². The average Bonchev–Trinajstić information content (AvgIpc) is 3.27. The van der Waals surface area contributed by atoms with Crippen molar-refractivity contribution >= 4 is 5.91 Å². The number of ether oxygens (including phenoxy) is 2. The van der Waals surface area contributed by atoms with E-state index in [4.69, 9.17) is 14.6 Å². The van der Waals surface area contributed by atoms with Crippen molar-refractivity contribution in [2.45, 2.75) is 69.2 Å². The van der Waals surface area contributed by atoms with Crippen LogP contribution in [0.4, 0.5) is 13.2 Å². The first-order valence-corrected chi connectivity index (χ1v) is 11.5. The summed E-state index contributed by atoms with van der Waals surface area (Å²) in [4.78, 5) is 14.1. The summed E-state index contributed by atoms with van der Waals surface area (Å²) in [5.41, 5.74) is 1.25. The first-order valence-electron chi connectivity index (χ1n) is 11.5. The van der Waals surface area contributed by atoms with E-state index in [1.165, 1.54) is 5.56 Å². The third-order valence-corrected chi connectivity index (χ3v) is 7.06. The highest BCUT2D eigenvalue weighted by molar-refractivity contribution is 5.81.